The number of methoxy groups -OCH3 is 1. The van der Waals surface area contributed by atoms with Crippen molar-refractivity contribution in [3.8, 4) is 5.75 Å². The van der Waals surface area contributed by atoms with Gasteiger partial charge in [-0.05, 0) is 63.6 Å². The molecule has 1 aliphatic carbocycles. The largest absolute Gasteiger partial charge is 0.497 e. The molecule has 3 aliphatic rings. The van der Waals surface area contributed by atoms with Gasteiger partial charge in [0.05, 0.1) is 12.8 Å². The molecule has 2 heterocycles. The van der Waals surface area contributed by atoms with Crippen LogP contribution in [0.4, 0.5) is 5.69 Å². The van der Waals surface area contributed by atoms with Gasteiger partial charge in [0.2, 0.25) is 0 Å². The molecule has 1 aromatic carbocycles. The van der Waals surface area contributed by atoms with Crippen LogP contribution >= 0.6 is 11.8 Å². The van der Waals surface area contributed by atoms with Gasteiger partial charge in [-0.3, -0.25) is 0 Å². The summed E-state index contributed by atoms with van der Waals surface area (Å²) in [6, 6.07) is 10.5. The van der Waals surface area contributed by atoms with E-state index in [1.165, 1.54) is 42.0 Å². The standard InChI is InChI=1S/C23H30N2OS/c1-24-17-12-13-18(24)15-20(14-17)25(19-8-7-9-21(16-19)26-2)22-10-5-4-6-11-23(22)27-3/h4-10,16-18,20H,11-15H2,1-3H3. The van der Waals surface area contributed by atoms with E-state index in [1.807, 2.05) is 17.8 Å². The maximum Gasteiger partial charge on any atom is 0.120 e. The van der Waals surface area contributed by atoms with E-state index >= 15 is 0 Å². The molecule has 0 spiro atoms. The fourth-order valence-electron chi connectivity index (χ4n) is 4.90. The monoisotopic (exact) mass is 382 g/mol. The molecule has 4 rings (SSSR count). The van der Waals surface area contributed by atoms with E-state index in [9.17, 15) is 0 Å². The smallest absolute Gasteiger partial charge is 0.120 e. The van der Waals surface area contributed by atoms with Gasteiger partial charge in [0, 0.05) is 34.8 Å². The second-order valence-corrected chi connectivity index (χ2v) is 8.65. The Morgan fingerprint density at radius 2 is 1.93 bits per heavy atom. The van der Waals surface area contributed by atoms with Crippen LogP contribution in [0.25, 0.3) is 0 Å². The van der Waals surface area contributed by atoms with Gasteiger partial charge in [-0.1, -0.05) is 24.3 Å². The van der Waals surface area contributed by atoms with Gasteiger partial charge in [-0.15, -0.1) is 11.8 Å². The molecule has 2 bridgehead atoms. The van der Waals surface area contributed by atoms with Crippen molar-refractivity contribution in [2.45, 2.75) is 50.2 Å². The molecule has 3 nitrogen and oxygen atoms in total. The van der Waals surface area contributed by atoms with E-state index in [-0.39, 0.29) is 0 Å². The average Bonchev–Trinajstić information content (AvgIpc) is 2.91. The van der Waals surface area contributed by atoms with Crippen LogP contribution in [0, 0.1) is 0 Å². The van der Waals surface area contributed by atoms with Gasteiger partial charge in [0.25, 0.3) is 0 Å². The first-order valence-corrected chi connectivity index (χ1v) is 11.2. The van der Waals surface area contributed by atoms with Crippen LogP contribution in [-0.4, -0.2) is 43.4 Å². The van der Waals surface area contributed by atoms with Crippen molar-refractivity contribution in [3.05, 3.63) is 59.2 Å². The third-order valence-electron chi connectivity index (χ3n) is 6.37. The summed E-state index contributed by atoms with van der Waals surface area (Å²) in [7, 11) is 4.07. The average molecular weight is 383 g/mol. The molecule has 0 saturated carbocycles. The number of thioether (sulfide) groups is 1. The van der Waals surface area contributed by atoms with Crippen molar-refractivity contribution in [1.82, 2.24) is 4.90 Å². The third kappa shape index (κ3) is 3.70. The van der Waals surface area contributed by atoms with Gasteiger partial charge in [0.1, 0.15) is 5.75 Å². The second kappa shape index (κ2) is 8.15. The van der Waals surface area contributed by atoms with Crippen molar-refractivity contribution in [2.75, 3.05) is 25.3 Å². The Bertz CT molecular complexity index is 755. The van der Waals surface area contributed by atoms with Crippen molar-refractivity contribution in [1.29, 1.82) is 0 Å². The molecule has 144 valence electrons. The van der Waals surface area contributed by atoms with E-state index in [0.29, 0.717) is 18.1 Å². The Kier molecular flexibility index (Phi) is 5.65. The van der Waals surface area contributed by atoms with Crippen LogP contribution in [0.5, 0.6) is 5.75 Å². The molecule has 2 saturated heterocycles. The van der Waals surface area contributed by atoms with Crippen LogP contribution in [0.15, 0.2) is 59.2 Å². The van der Waals surface area contributed by atoms with Crippen LogP contribution in [0.2, 0.25) is 0 Å². The quantitative estimate of drug-likeness (QED) is 0.694. The Morgan fingerprint density at radius 1 is 1.15 bits per heavy atom. The lowest BCUT2D eigenvalue weighted by atomic mass is 9.95. The van der Waals surface area contributed by atoms with Crippen LogP contribution < -0.4 is 9.64 Å². The molecule has 0 N–H and O–H groups in total. The lowest BCUT2D eigenvalue weighted by molar-refractivity contribution is 0.161. The Hall–Kier alpha value is -1.65. The number of hydrogen-bond donors (Lipinski definition) is 0. The maximum atomic E-state index is 5.54. The Balaban J connectivity index is 1.77. The second-order valence-electron chi connectivity index (χ2n) is 7.75. The number of ether oxygens (including phenoxy) is 1. The van der Waals surface area contributed by atoms with E-state index in [0.717, 1.165) is 12.2 Å². The van der Waals surface area contributed by atoms with Crippen molar-refractivity contribution in [2.24, 2.45) is 0 Å². The predicted molar refractivity (Wildman–Crippen MR) is 117 cm³/mol. The molecule has 2 aliphatic heterocycles. The molecule has 0 radical (unpaired) electrons. The first-order valence-electron chi connectivity index (χ1n) is 9.97. The van der Waals surface area contributed by atoms with Crippen LogP contribution in [0.3, 0.4) is 0 Å². The summed E-state index contributed by atoms with van der Waals surface area (Å²) in [6.07, 6.45) is 17.3. The lowest BCUT2D eigenvalue weighted by Crippen LogP contribution is -2.48. The summed E-state index contributed by atoms with van der Waals surface area (Å²) in [5, 5.41) is 0. The number of hydrogen-bond acceptors (Lipinski definition) is 4. The highest BCUT2D eigenvalue weighted by Gasteiger charge is 2.41. The topological polar surface area (TPSA) is 15.7 Å². The lowest BCUT2D eigenvalue weighted by Gasteiger charge is -2.43. The number of fused-ring (bicyclic) bond motifs is 2. The van der Waals surface area contributed by atoms with Crippen molar-refractivity contribution in [3.63, 3.8) is 0 Å². The summed E-state index contributed by atoms with van der Waals surface area (Å²) in [4.78, 5) is 6.67. The number of nitrogens with zero attached hydrogens (tertiary/aromatic N) is 2. The van der Waals surface area contributed by atoms with E-state index in [4.69, 9.17) is 4.74 Å². The van der Waals surface area contributed by atoms with E-state index in [2.05, 4.69) is 65.6 Å². The molecular formula is C23H30N2OS. The predicted octanol–water partition coefficient (Wildman–Crippen LogP) is 5.22. The number of anilines is 1. The van der Waals surface area contributed by atoms with Gasteiger partial charge >= 0.3 is 0 Å². The van der Waals surface area contributed by atoms with Crippen LogP contribution in [0.1, 0.15) is 32.1 Å². The highest BCUT2D eigenvalue weighted by Crippen LogP contribution is 2.41. The summed E-state index contributed by atoms with van der Waals surface area (Å²) in [6.45, 7) is 0. The first-order chi connectivity index (χ1) is 13.2. The molecular weight excluding hydrogens is 352 g/mol. The van der Waals surface area contributed by atoms with Gasteiger partial charge in [0.15, 0.2) is 0 Å². The Labute approximate surface area is 167 Å². The maximum absolute atomic E-state index is 5.54. The van der Waals surface area contributed by atoms with Gasteiger partial charge in [-0.25, -0.2) is 0 Å². The normalized spacial score (nSPS) is 27.7. The molecule has 1 aromatic rings. The minimum absolute atomic E-state index is 0.533. The minimum atomic E-state index is 0.533. The molecule has 2 unspecified atom stereocenters. The number of benzene rings is 1. The summed E-state index contributed by atoms with van der Waals surface area (Å²) < 4.78 is 5.54. The number of piperidine rings is 1. The van der Waals surface area contributed by atoms with Crippen molar-refractivity contribution >= 4 is 17.4 Å². The fourth-order valence-corrected chi connectivity index (χ4v) is 5.54. The Morgan fingerprint density at radius 3 is 2.63 bits per heavy atom. The summed E-state index contributed by atoms with van der Waals surface area (Å²) in [5.74, 6) is 0.926. The number of rotatable bonds is 5. The first kappa shape index (κ1) is 18.7. The fraction of sp³-hybridized carbons (Fsp3) is 0.478. The third-order valence-corrected chi connectivity index (χ3v) is 7.23. The molecule has 2 atom stereocenters. The molecule has 0 amide bonds. The van der Waals surface area contributed by atoms with E-state index < -0.39 is 0 Å². The molecule has 2 fully saturated rings. The zero-order valence-electron chi connectivity index (χ0n) is 16.6. The minimum Gasteiger partial charge on any atom is -0.497 e. The van der Waals surface area contributed by atoms with Crippen molar-refractivity contribution < 1.29 is 4.74 Å². The molecule has 27 heavy (non-hydrogen) atoms. The van der Waals surface area contributed by atoms with Gasteiger partial charge in [-0.2, -0.15) is 0 Å². The van der Waals surface area contributed by atoms with Gasteiger partial charge < -0.3 is 14.5 Å². The zero-order chi connectivity index (χ0) is 18.8. The SMILES string of the molecule is COc1cccc(N(C2=C(SC)CC=CC=C2)C2CC3CCC(C2)N3C)c1. The summed E-state index contributed by atoms with van der Waals surface area (Å²) >= 11 is 1.88. The zero-order valence-corrected chi connectivity index (χ0v) is 17.4. The highest BCUT2D eigenvalue weighted by atomic mass is 32.2. The van der Waals surface area contributed by atoms with Crippen LogP contribution in [-0.2, 0) is 0 Å². The molecule has 0 aromatic heterocycles. The molecule has 4 heteroatoms. The van der Waals surface area contributed by atoms with E-state index in [1.54, 1.807) is 7.11 Å². The number of allylic oxidation sites excluding steroid dienone is 5. The highest BCUT2D eigenvalue weighted by molar-refractivity contribution is 8.02. The summed E-state index contributed by atoms with van der Waals surface area (Å²) in [5.41, 5.74) is 2.60.